The lowest BCUT2D eigenvalue weighted by Crippen LogP contribution is -2.43. The Hall–Kier alpha value is -0.130. The standard InChI is InChI=1S/C7H15N2O2S/c1-8(7-12(10)11)9-5-3-2-4-6-9/h3,12H,2,4-7H2,1H3. The van der Waals surface area contributed by atoms with Crippen LogP contribution in [0.3, 0.4) is 0 Å². The van der Waals surface area contributed by atoms with Gasteiger partial charge in [0.25, 0.3) is 0 Å². The van der Waals surface area contributed by atoms with Crippen molar-refractivity contribution < 1.29 is 8.42 Å². The summed E-state index contributed by atoms with van der Waals surface area (Å²) in [6, 6.07) is 0. The first kappa shape index (κ1) is 9.95. The molecule has 0 atom stereocenters. The van der Waals surface area contributed by atoms with Crippen LogP contribution in [0, 0.1) is 6.42 Å². The molecule has 1 aliphatic heterocycles. The second-order valence-corrected chi connectivity index (χ2v) is 3.92. The van der Waals surface area contributed by atoms with Crippen LogP contribution in [0.25, 0.3) is 0 Å². The van der Waals surface area contributed by atoms with Crippen LogP contribution in [-0.2, 0) is 10.7 Å². The van der Waals surface area contributed by atoms with E-state index in [0.29, 0.717) is 0 Å². The minimum Gasteiger partial charge on any atom is -0.241 e. The molecule has 1 heterocycles. The fourth-order valence-corrected chi connectivity index (χ4v) is 1.83. The summed E-state index contributed by atoms with van der Waals surface area (Å²) >= 11 is 0. The number of piperidine rings is 1. The summed E-state index contributed by atoms with van der Waals surface area (Å²) in [5, 5.41) is 3.82. The van der Waals surface area contributed by atoms with Crippen LogP contribution in [0.15, 0.2) is 0 Å². The van der Waals surface area contributed by atoms with Crippen molar-refractivity contribution in [2.45, 2.75) is 12.8 Å². The van der Waals surface area contributed by atoms with Gasteiger partial charge in [0.2, 0.25) is 0 Å². The molecule has 1 fully saturated rings. The number of rotatable bonds is 3. The van der Waals surface area contributed by atoms with Gasteiger partial charge in [-0.1, -0.05) is 0 Å². The molecule has 71 valence electrons. The van der Waals surface area contributed by atoms with Gasteiger partial charge in [-0.25, -0.2) is 18.4 Å². The molecule has 0 saturated carbocycles. The Morgan fingerprint density at radius 3 is 2.83 bits per heavy atom. The van der Waals surface area contributed by atoms with Crippen molar-refractivity contribution in [3.8, 4) is 0 Å². The van der Waals surface area contributed by atoms with E-state index in [1.807, 2.05) is 7.05 Å². The molecule has 1 aliphatic rings. The van der Waals surface area contributed by atoms with E-state index in [0.717, 1.165) is 25.9 Å². The molecule has 0 unspecified atom stereocenters. The van der Waals surface area contributed by atoms with Gasteiger partial charge in [0.05, 0.1) is 0 Å². The zero-order valence-electron chi connectivity index (χ0n) is 7.27. The third-order valence-electron chi connectivity index (χ3n) is 1.97. The molecule has 1 saturated heterocycles. The predicted molar refractivity (Wildman–Crippen MR) is 48.1 cm³/mol. The highest BCUT2D eigenvalue weighted by atomic mass is 32.2. The minimum atomic E-state index is -2.29. The summed E-state index contributed by atoms with van der Waals surface area (Å²) in [4.78, 5) is 0. The van der Waals surface area contributed by atoms with Crippen molar-refractivity contribution in [2.75, 3.05) is 26.0 Å². The molecule has 0 aromatic carbocycles. The van der Waals surface area contributed by atoms with E-state index in [1.165, 1.54) is 0 Å². The third kappa shape index (κ3) is 3.08. The van der Waals surface area contributed by atoms with Crippen LogP contribution >= 0.6 is 0 Å². The van der Waals surface area contributed by atoms with E-state index < -0.39 is 10.7 Å². The Morgan fingerprint density at radius 2 is 2.33 bits per heavy atom. The van der Waals surface area contributed by atoms with Gasteiger partial charge in [-0.3, -0.25) is 0 Å². The Balaban J connectivity index is 2.34. The van der Waals surface area contributed by atoms with Gasteiger partial charge in [-0.05, 0) is 19.3 Å². The SMILES string of the molecule is CN(C[SH](=O)=O)N1C[CH]CCC1. The summed E-state index contributed by atoms with van der Waals surface area (Å²) in [5.41, 5.74) is 0. The average Bonchev–Trinajstić information content (AvgIpc) is 2.05. The van der Waals surface area contributed by atoms with E-state index in [9.17, 15) is 8.42 Å². The van der Waals surface area contributed by atoms with E-state index in [-0.39, 0.29) is 5.88 Å². The van der Waals surface area contributed by atoms with Crippen LogP contribution in [0.4, 0.5) is 0 Å². The summed E-state index contributed by atoms with van der Waals surface area (Å²) in [5.74, 6) is 0.128. The van der Waals surface area contributed by atoms with Crippen molar-refractivity contribution in [3.05, 3.63) is 6.42 Å². The molecule has 12 heavy (non-hydrogen) atoms. The van der Waals surface area contributed by atoms with Crippen LogP contribution < -0.4 is 0 Å². The topological polar surface area (TPSA) is 40.6 Å². The molecule has 0 aliphatic carbocycles. The first-order valence-corrected chi connectivity index (χ1v) is 5.46. The Kier molecular flexibility index (Phi) is 3.97. The molecule has 0 aromatic rings. The van der Waals surface area contributed by atoms with Crippen molar-refractivity contribution in [2.24, 2.45) is 0 Å². The normalized spacial score (nSPS) is 20.6. The van der Waals surface area contributed by atoms with E-state index >= 15 is 0 Å². The molecule has 4 nitrogen and oxygen atoms in total. The number of hydrazine groups is 1. The molecule has 0 amide bonds. The van der Waals surface area contributed by atoms with Gasteiger partial charge in [0, 0.05) is 20.1 Å². The van der Waals surface area contributed by atoms with Crippen molar-refractivity contribution in [1.29, 1.82) is 0 Å². The third-order valence-corrected chi connectivity index (χ3v) is 2.61. The molecule has 1 rings (SSSR count). The van der Waals surface area contributed by atoms with Gasteiger partial charge in [0.15, 0.2) is 10.7 Å². The first-order valence-electron chi connectivity index (χ1n) is 4.09. The summed E-state index contributed by atoms with van der Waals surface area (Å²) in [6.45, 7) is 1.84. The monoisotopic (exact) mass is 191 g/mol. The van der Waals surface area contributed by atoms with Crippen molar-refractivity contribution >= 4 is 10.7 Å². The Labute approximate surface area is 75.1 Å². The highest BCUT2D eigenvalue weighted by Gasteiger charge is 2.14. The Morgan fingerprint density at radius 1 is 1.58 bits per heavy atom. The van der Waals surface area contributed by atoms with Gasteiger partial charge in [-0.15, -0.1) is 0 Å². The van der Waals surface area contributed by atoms with Crippen molar-refractivity contribution in [1.82, 2.24) is 10.0 Å². The number of thiol groups is 1. The molecule has 1 radical (unpaired) electrons. The van der Waals surface area contributed by atoms with Gasteiger partial charge in [0.1, 0.15) is 5.88 Å². The fourth-order valence-electron chi connectivity index (χ4n) is 1.32. The summed E-state index contributed by atoms with van der Waals surface area (Å²) < 4.78 is 20.8. The summed E-state index contributed by atoms with van der Waals surface area (Å²) in [7, 11) is -0.484. The maximum absolute atomic E-state index is 10.4. The fraction of sp³-hybridized carbons (Fsp3) is 0.857. The zero-order chi connectivity index (χ0) is 8.97. The number of hydrogen-bond acceptors (Lipinski definition) is 4. The van der Waals surface area contributed by atoms with Crippen LogP contribution in [-0.4, -0.2) is 44.4 Å². The van der Waals surface area contributed by atoms with Crippen molar-refractivity contribution in [3.63, 3.8) is 0 Å². The molecule has 0 spiro atoms. The second-order valence-electron chi connectivity index (χ2n) is 2.98. The average molecular weight is 191 g/mol. The summed E-state index contributed by atoms with van der Waals surface area (Å²) in [6.07, 6.45) is 4.45. The van der Waals surface area contributed by atoms with Crippen LogP contribution in [0.2, 0.25) is 0 Å². The number of hydrogen-bond donors (Lipinski definition) is 1. The quantitative estimate of drug-likeness (QED) is 0.622. The molecule has 0 aromatic heterocycles. The molecule has 0 N–H and O–H groups in total. The molecule has 5 heteroatoms. The molecular formula is C7H15N2O2S. The van der Waals surface area contributed by atoms with E-state index in [2.05, 4.69) is 11.4 Å². The van der Waals surface area contributed by atoms with Gasteiger partial charge >= 0.3 is 0 Å². The maximum Gasteiger partial charge on any atom is 0.154 e. The molecule has 0 bridgehead atoms. The number of nitrogens with zero attached hydrogens (tertiary/aromatic N) is 2. The predicted octanol–water partition coefficient (Wildman–Crippen LogP) is -0.298. The second kappa shape index (κ2) is 4.79. The van der Waals surface area contributed by atoms with Crippen LogP contribution in [0.5, 0.6) is 0 Å². The largest absolute Gasteiger partial charge is 0.241 e. The lowest BCUT2D eigenvalue weighted by atomic mass is 10.2. The molecular weight excluding hydrogens is 176 g/mol. The highest BCUT2D eigenvalue weighted by Crippen LogP contribution is 2.08. The lowest BCUT2D eigenvalue weighted by molar-refractivity contribution is 0.0145. The lowest BCUT2D eigenvalue weighted by Gasteiger charge is -2.33. The zero-order valence-corrected chi connectivity index (χ0v) is 8.17. The highest BCUT2D eigenvalue weighted by molar-refractivity contribution is 7.72. The first-order chi connectivity index (χ1) is 5.70. The van der Waals surface area contributed by atoms with Gasteiger partial charge in [-0.2, -0.15) is 0 Å². The van der Waals surface area contributed by atoms with E-state index in [4.69, 9.17) is 0 Å². The van der Waals surface area contributed by atoms with Crippen LogP contribution in [0.1, 0.15) is 12.8 Å². The maximum atomic E-state index is 10.4. The smallest absolute Gasteiger partial charge is 0.154 e. The van der Waals surface area contributed by atoms with E-state index in [1.54, 1.807) is 5.01 Å². The van der Waals surface area contributed by atoms with Gasteiger partial charge < -0.3 is 0 Å². The Bertz CT molecular complexity index is 192. The minimum absolute atomic E-state index is 0.128.